The molecular weight excluding hydrogens is 246 g/mol. The van der Waals surface area contributed by atoms with E-state index < -0.39 is 0 Å². The molecule has 0 bridgehead atoms. The fraction of sp³-hybridized carbons (Fsp3) is 0.444. The van der Waals surface area contributed by atoms with E-state index in [-0.39, 0.29) is 0 Å². The van der Waals surface area contributed by atoms with Crippen molar-refractivity contribution in [3.8, 4) is 12.3 Å². The van der Waals surface area contributed by atoms with Crippen molar-refractivity contribution in [1.82, 2.24) is 5.32 Å². The van der Waals surface area contributed by atoms with Gasteiger partial charge in [0.05, 0.1) is 0 Å². The van der Waals surface area contributed by atoms with Crippen LogP contribution >= 0.6 is 0 Å². The lowest BCUT2D eigenvalue weighted by Gasteiger charge is -2.11. The summed E-state index contributed by atoms with van der Waals surface area (Å²) in [5.74, 6) is 3.82. The standard InChI is InChI=1S/C18H23NO/c1-4-6-11-18-16(13-19-14(3)9-5-2)15-10-7-8-12-17(15)20-18/h2,7-8,10,12,14,19H,4,6,9,11,13H2,1,3H3. The van der Waals surface area contributed by atoms with Crippen molar-refractivity contribution >= 4 is 11.0 Å². The maximum atomic E-state index is 6.01. The zero-order valence-corrected chi connectivity index (χ0v) is 12.4. The fourth-order valence-electron chi connectivity index (χ4n) is 2.41. The van der Waals surface area contributed by atoms with Gasteiger partial charge in [0.2, 0.25) is 0 Å². The molecule has 0 spiro atoms. The maximum Gasteiger partial charge on any atom is 0.134 e. The Balaban J connectivity index is 2.21. The first-order chi connectivity index (χ1) is 9.76. The van der Waals surface area contributed by atoms with Crippen molar-refractivity contribution in [2.75, 3.05) is 0 Å². The van der Waals surface area contributed by atoms with E-state index in [4.69, 9.17) is 10.8 Å². The molecule has 106 valence electrons. The summed E-state index contributed by atoms with van der Waals surface area (Å²) in [5.41, 5.74) is 2.28. The van der Waals surface area contributed by atoms with E-state index in [9.17, 15) is 0 Å². The Bertz CT molecular complexity index is 591. The summed E-state index contributed by atoms with van der Waals surface area (Å²) in [4.78, 5) is 0. The molecule has 1 heterocycles. The quantitative estimate of drug-likeness (QED) is 0.759. The average Bonchev–Trinajstić information content (AvgIpc) is 2.81. The fourth-order valence-corrected chi connectivity index (χ4v) is 2.41. The van der Waals surface area contributed by atoms with Crippen LogP contribution in [0.3, 0.4) is 0 Å². The summed E-state index contributed by atoms with van der Waals surface area (Å²) in [6.45, 7) is 5.14. The summed E-state index contributed by atoms with van der Waals surface area (Å²) >= 11 is 0. The normalized spacial score (nSPS) is 12.4. The van der Waals surface area contributed by atoms with Crippen LogP contribution in [-0.2, 0) is 13.0 Å². The summed E-state index contributed by atoms with van der Waals surface area (Å²) < 4.78 is 6.01. The van der Waals surface area contributed by atoms with Gasteiger partial charge >= 0.3 is 0 Å². The molecule has 2 rings (SSSR count). The molecule has 0 saturated carbocycles. The molecule has 20 heavy (non-hydrogen) atoms. The van der Waals surface area contributed by atoms with Crippen LogP contribution < -0.4 is 5.32 Å². The highest BCUT2D eigenvalue weighted by Crippen LogP contribution is 2.27. The maximum absolute atomic E-state index is 6.01. The van der Waals surface area contributed by atoms with E-state index in [0.29, 0.717) is 6.04 Å². The SMILES string of the molecule is C#CCC(C)NCc1c(CCCC)oc2ccccc12. The van der Waals surface area contributed by atoms with Gasteiger partial charge in [0, 0.05) is 36.4 Å². The topological polar surface area (TPSA) is 25.2 Å². The Kier molecular flexibility index (Phi) is 5.26. The minimum absolute atomic E-state index is 0.327. The highest BCUT2D eigenvalue weighted by molar-refractivity contribution is 5.82. The minimum atomic E-state index is 0.327. The average molecular weight is 269 g/mol. The van der Waals surface area contributed by atoms with Crippen molar-refractivity contribution in [3.63, 3.8) is 0 Å². The van der Waals surface area contributed by atoms with Gasteiger partial charge in [-0.1, -0.05) is 31.5 Å². The van der Waals surface area contributed by atoms with Crippen molar-refractivity contribution in [2.45, 2.75) is 52.1 Å². The highest BCUT2D eigenvalue weighted by Gasteiger charge is 2.13. The summed E-state index contributed by atoms with van der Waals surface area (Å²) in [7, 11) is 0. The first-order valence-corrected chi connectivity index (χ1v) is 7.42. The van der Waals surface area contributed by atoms with Gasteiger partial charge in [0.1, 0.15) is 11.3 Å². The predicted molar refractivity (Wildman–Crippen MR) is 84.6 cm³/mol. The first-order valence-electron chi connectivity index (χ1n) is 7.42. The van der Waals surface area contributed by atoms with Crippen molar-refractivity contribution < 1.29 is 4.42 Å². The third-order valence-electron chi connectivity index (χ3n) is 3.59. The second kappa shape index (κ2) is 7.17. The molecule has 1 atom stereocenters. The molecule has 0 saturated heterocycles. The Morgan fingerprint density at radius 2 is 2.15 bits per heavy atom. The van der Waals surface area contributed by atoms with E-state index in [1.165, 1.54) is 17.4 Å². The minimum Gasteiger partial charge on any atom is -0.461 e. The van der Waals surface area contributed by atoms with Crippen LogP contribution in [0.5, 0.6) is 0 Å². The van der Waals surface area contributed by atoms with Gasteiger partial charge in [-0.3, -0.25) is 0 Å². The summed E-state index contributed by atoms with van der Waals surface area (Å²) in [6.07, 6.45) is 9.45. The van der Waals surface area contributed by atoms with Gasteiger partial charge in [-0.2, -0.15) is 0 Å². The molecular formula is C18H23NO. The molecule has 2 heteroatoms. The van der Waals surface area contributed by atoms with E-state index in [2.05, 4.69) is 37.2 Å². The molecule has 2 nitrogen and oxygen atoms in total. The zero-order valence-electron chi connectivity index (χ0n) is 12.4. The Morgan fingerprint density at radius 3 is 2.90 bits per heavy atom. The number of benzene rings is 1. The number of hydrogen-bond acceptors (Lipinski definition) is 2. The molecule has 0 amide bonds. The number of unbranched alkanes of at least 4 members (excludes halogenated alkanes) is 1. The number of hydrogen-bond donors (Lipinski definition) is 1. The number of fused-ring (bicyclic) bond motifs is 1. The molecule has 1 aromatic carbocycles. The lowest BCUT2D eigenvalue weighted by atomic mass is 10.1. The first kappa shape index (κ1) is 14.7. The van der Waals surface area contributed by atoms with E-state index in [0.717, 1.165) is 37.2 Å². The van der Waals surface area contributed by atoms with Gasteiger partial charge in [-0.05, 0) is 19.4 Å². The lowest BCUT2D eigenvalue weighted by Crippen LogP contribution is -2.25. The molecule has 0 fully saturated rings. The molecule has 0 aliphatic heterocycles. The van der Waals surface area contributed by atoms with E-state index in [1.54, 1.807) is 0 Å². The zero-order chi connectivity index (χ0) is 14.4. The van der Waals surface area contributed by atoms with Gasteiger partial charge in [0.15, 0.2) is 0 Å². The monoisotopic (exact) mass is 269 g/mol. The van der Waals surface area contributed by atoms with Crippen LogP contribution in [0.15, 0.2) is 28.7 Å². The van der Waals surface area contributed by atoms with Crippen molar-refractivity contribution in [1.29, 1.82) is 0 Å². The number of para-hydroxylation sites is 1. The Labute approximate surface area is 121 Å². The largest absolute Gasteiger partial charge is 0.461 e. The molecule has 1 aromatic heterocycles. The van der Waals surface area contributed by atoms with Gasteiger partial charge in [-0.15, -0.1) is 12.3 Å². The van der Waals surface area contributed by atoms with Crippen LogP contribution in [0.2, 0.25) is 0 Å². The van der Waals surface area contributed by atoms with Crippen LogP contribution in [0.1, 0.15) is 44.4 Å². The number of rotatable bonds is 7. The lowest BCUT2D eigenvalue weighted by molar-refractivity contribution is 0.512. The predicted octanol–water partition coefficient (Wildman–Crippen LogP) is 4.28. The van der Waals surface area contributed by atoms with Crippen LogP contribution in [-0.4, -0.2) is 6.04 Å². The van der Waals surface area contributed by atoms with E-state index >= 15 is 0 Å². The van der Waals surface area contributed by atoms with Crippen molar-refractivity contribution in [3.05, 3.63) is 35.6 Å². The third kappa shape index (κ3) is 3.43. The number of aryl methyl sites for hydroxylation is 1. The van der Waals surface area contributed by atoms with Gasteiger partial charge in [-0.25, -0.2) is 0 Å². The van der Waals surface area contributed by atoms with Crippen LogP contribution in [0.25, 0.3) is 11.0 Å². The van der Waals surface area contributed by atoms with Crippen molar-refractivity contribution in [2.24, 2.45) is 0 Å². The molecule has 1 unspecified atom stereocenters. The van der Waals surface area contributed by atoms with Gasteiger partial charge < -0.3 is 9.73 Å². The number of furan rings is 1. The second-order valence-electron chi connectivity index (χ2n) is 5.29. The number of nitrogens with one attached hydrogen (secondary N) is 1. The molecule has 1 N–H and O–H groups in total. The van der Waals surface area contributed by atoms with E-state index in [1.807, 2.05) is 12.1 Å². The van der Waals surface area contributed by atoms with Gasteiger partial charge in [0.25, 0.3) is 0 Å². The molecule has 0 aliphatic rings. The highest BCUT2D eigenvalue weighted by atomic mass is 16.3. The Hall–Kier alpha value is -1.72. The summed E-state index contributed by atoms with van der Waals surface area (Å²) in [5, 5.41) is 4.71. The van der Waals surface area contributed by atoms with Crippen LogP contribution in [0.4, 0.5) is 0 Å². The summed E-state index contributed by atoms with van der Waals surface area (Å²) in [6, 6.07) is 8.59. The second-order valence-corrected chi connectivity index (χ2v) is 5.29. The molecule has 2 aromatic rings. The molecule has 0 aliphatic carbocycles. The molecule has 0 radical (unpaired) electrons. The van der Waals surface area contributed by atoms with Crippen LogP contribution in [0, 0.1) is 12.3 Å². The Morgan fingerprint density at radius 1 is 1.35 bits per heavy atom. The number of terminal acetylenes is 1. The third-order valence-corrected chi connectivity index (χ3v) is 3.59. The smallest absolute Gasteiger partial charge is 0.134 e.